The molecule has 0 amide bonds. The molecule has 0 spiro atoms. The number of nitriles is 1. The molecule has 0 aliphatic rings. The molecule has 1 rings (SSSR count). The molecule has 4 nitrogen and oxygen atoms in total. The Morgan fingerprint density at radius 3 is 2.73 bits per heavy atom. The monoisotopic (exact) mass is 204 g/mol. The van der Waals surface area contributed by atoms with Crippen LogP contribution in [0.25, 0.3) is 0 Å². The number of nitrogens with zero attached hydrogens (tertiary/aromatic N) is 1. The third-order valence-corrected chi connectivity index (χ3v) is 1.95. The minimum atomic E-state index is -0.144. The third kappa shape index (κ3) is 2.26. The quantitative estimate of drug-likeness (QED) is 0.601. The number of rotatable bonds is 3. The Kier molecular flexibility index (Phi) is 3.29. The maximum absolute atomic E-state index is 11.3. The predicted octanol–water partition coefficient (Wildman–Crippen LogP) is 1.74. The zero-order valence-electron chi connectivity index (χ0n) is 8.70. The first kappa shape index (κ1) is 11.1. The van der Waals surface area contributed by atoms with Crippen LogP contribution in [0.1, 0.15) is 29.8 Å². The van der Waals surface area contributed by atoms with Crippen molar-refractivity contribution in [2.45, 2.75) is 13.8 Å². The van der Waals surface area contributed by atoms with Crippen LogP contribution in [0, 0.1) is 11.3 Å². The highest BCUT2D eigenvalue weighted by atomic mass is 16.5. The number of nitrogen functional groups attached to an aromatic ring is 1. The van der Waals surface area contributed by atoms with Gasteiger partial charge in [0.2, 0.25) is 0 Å². The molecule has 0 aromatic heterocycles. The van der Waals surface area contributed by atoms with Crippen molar-refractivity contribution in [3.8, 4) is 11.8 Å². The molecular formula is C11H12N2O2. The van der Waals surface area contributed by atoms with Crippen molar-refractivity contribution in [3.63, 3.8) is 0 Å². The number of carbonyl (C=O) groups excluding carboxylic acids is 1. The molecule has 0 aliphatic carbocycles. The van der Waals surface area contributed by atoms with E-state index in [0.717, 1.165) is 0 Å². The maximum Gasteiger partial charge on any atom is 0.163 e. The molecule has 1 aromatic rings. The van der Waals surface area contributed by atoms with Crippen LogP contribution >= 0.6 is 0 Å². The van der Waals surface area contributed by atoms with E-state index in [1.165, 1.54) is 19.1 Å². The lowest BCUT2D eigenvalue weighted by atomic mass is 10.1. The zero-order chi connectivity index (χ0) is 11.4. The number of ether oxygens (including phenoxy) is 1. The van der Waals surface area contributed by atoms with Gasteiger partial charge in [0.25, 0.3) is 0 Å². The molecule has 0 radical (unpaired) electrons. The summed E-state index contributed by atoms with van der Waals surface area (Å²) in [6.45, 7) is 3.69. The van der Waals surface area contributed by atoms with Gasteiger partial charge < -0.3 is 10.5 Å². The summed E-state index contributed by atoms with van der Waals surface area (Å²) in [5.41, 5.74) is 6.63. The average Bonchev–Trinajstić information content (AvgIpc) is 2.18. The fourth-order valence-electron chi connectivity index (χ4n) is 1.24. The summed E-state index contributed by atoms with van der Waals surface area (Å²) < 4.78 is 5.27. The summed E-state index contributed by atoms with van der Waals surface area (Å²) in [6.07, 6.45) is 0. The van der Waals surface area contributed by atoms with Crippen molar-refractivity contribution in [2.75, 3.05) is 12.3 Å². The molecule has 0 unspecified atom stereocenters. The number of nitrogens with two attached hydrogens (primary N) is 1. The van der Waals surface area contributed by atoms with Crippen LogP contribution in [0.5, 0.6) is 5.75 Å². The summed E-state index contributed by atoms with van der Waals surface area (Å²) in [6, 6.07) is 4.90. The van der Waals surface area contributed by atoms with Crippen molar-refractivity contribution in [2.24, 2.45) is 0 Å². The van der Waals surface area contributed by atoms with E-state index < -0.39 is 0 Å². The molecule has 1 aromatic carbocycles. The van der Waals surface area contributed by atoms with Gasteiger partial charge in [-0.15, -0.1) is 0 Å². The highest BCUT2D eigenvalue weighted by Crippen LogP contribution is 2.25. The molecule has 0 aliphatic heterocycles. The molecule has 0 atom stereocenters. The molecule has 78 valence electrons. The zero-order valence-corrected chi connectivity index (χ0v) is 8.70. The Hall–Kier alpha value is -2.02. The molecular weight excluding hydrogens is 192 g/mol. The van der Waals surface area contributed by atoms with E-state index in [0.29, 0.717) is 29.2 Å². The molecule has 0 heterocycles. The Balaban J connectivity index is 3.33. The van der Waals surface area contributed by atoms with Gasteiger partial charge in [0.1, 0.15) is 11.8 Å². The second kappa shape index (κ2) is 4.47. The van der Waals surface area contributed by atoms with E-state index in [1.54, 1.807) is 0 Å². The molecule has 2 N–H and O–H groups in total. The number of Topliss-reactive ketones (excluding diaryl/α,β-unsaturated/α-hetero) is 1. The molecule has 0 fully saturated rings. The number of ketones is 1. The minimum absolute atomic E-state index is 0.144. The first-order chi connectivity index (χ1) is 7.10. The fraction of sp³-hybridized carbons (Fsp3) is 0.273. The Morgan fingerprint density at radius 2 is 2.27 bits per heavy atom. The second-order valence-electron chi connectivity index (χ2n) is 3.04. The molecule has 0 bridgehead atoms. The number of carbonyl (C=O) groups is 1. The fourth-order valence-corrected chi connectivity index (χ4v) is 1.24. The van der Waals surface area contributed by atoms with E-state index >= 15 is 0 Å². The Morgan fingerprint density at radius 1 is 1.60 bits per heavy atom. The summed E-state index contributed by atoms with van der Waals surface area (Å²) in [7, 11) is 0. The smallest absolute Gasteiger partial charge is 0.163 e. The third-order valence-electron chi connectivity index (χ3n) is 1.95. The molecule has 0 saturated carbocycles. The van der Waals surface area contributed by atoms with Crippen LogP contribution in [-0.4, -0.2) is 12.4 Å². The number of benzene rings is 1. The lowest BCUT2D eigenvalue weighted by Crippen LogP contribution is -2.03. The number of anilines is 1. The van der Waals surface area contributed by atoms with Crippen LogP contribution in [0.15, 0.2) is 12.1 Å². The predicted molar refractivity (Wildman–Crippen MR) is 56.7 cm³/mol. The van der Waals surface area contributed by atoms with Crippen molar-refractivity contribution in [3.05, 3.63) is 23.3 Å². The van der Waals surface area contributed by atoms with Gasteiger partial charge in [0, 0.05) is 6.07 Å². The summed E-state index contributed by atoms with van der Waals surface area (Å²) >= 11 is 0. The lowest BCUT2D eigenvalue weighted by molar-refractivity contribution is 0.101. The van der Waals surface area contributed by atoms with Gasteiger partial charge in [-0.1, -0.05) is 0 Å². The van der Waals surface area contributed by atoms with Crippen molar-refractivity contribution in [1.82, 2.24) is 0 Å². The van der Waals surface area contributed by atoms with Crippen LogP contribution in [0.3, 0.4) is 0 Å². The highest BCUT2D eigenvalue weighted by molar-refractivity contribution is 5.98. The molecule has 15 heavy (non-hydrogen) atoms. The van der Waals surface area contributed by atoms with E-state index in [-0.39, 0.29) is 5.78 Å². The normalized spacial score (nSPS) is 9.40. The van der Waals surface area contributed by atoms with E-state index in [1.807, 2.05) is 13.0 Å². The van der Waals surface area contributed by atoms with Gasteiger partial charge in [-0.2, -0.15) is 5.26 Å². The first-order valence-electron chi connectivity index (χ1n) is 4.57. The minimum Gasteiger partial charge on any atom is -0.493 e. The average molecular weight is 204 g/mol. The molecule has 4 heteroatoms. The van der Waals surface area contributed by atoms with Crippen molar-refractivity contribution < 1.29 is 9.53 Å². The van der Waals surface area contributed by atoms with Crippen molar-refractivity contribution >= 4 is 11.5 Å². The first-order valence-corrected chi connectivity index (χ1v) is 4.57. The lowest BCUT2D eigenvalue weighted by Gasteiger charge is -2.09. The summed E-state index contributed by atoms with van der Waals surface area (Å²) in [5, 5.41) is 8.76. The van der Waals surface area contributed by atoms with E-state index in [4.69, 9.17) is 15.7 Å². The maximum atomic E-state index is 11.3. The largest absolute Gasteiger partial charge is 0.493 e. The summed E-state index contributed by atoms with van der Waals surface area (Å²) in [4.78, 5) is 11.3. The van der Waals surface area contributed by atoms with Gasteiger partial charge >= 0.3 is 0 Å². The standard InChI is InChI=1S/C11H12N2O2/c1-3-15-11-5-10(13)8(6-12)4-9(11)7(2)14/h4-5H,3,13H2,1-2H3. The number of hydrogen-bond donors (Lipinski definition) is 1. The Bertz CT molecular complexity index is 433. The molecule has 0 saturated heterocycles. The van der Waals surface area contributed by atoms with Crippen molar-refractivity contribution in [1.29, 1.82) is 5.26 Å². The number of hydrogen-bond acceptors (Lipinski definition) is 4. The van der Waals surface area contributed by atoms with Gasteiger partial charge in [0.05, 0.1) is 23.4 Å². The van der Waals surface area contributed by atoms with E-state index in [9.17, 15) is 4.79 Å². The highest BCUT2D eigenvalue weighted by Gasteiger charge is 2.12. The van der Waals surface area contributed by atoms with Crippen LogP contribution in [0.4, 0.5) is 5.69 Å². The SMILES string of the molecule is CCOc1cc(N)c(C#N)cc1C(C)=O. The van der Waals surface area contributed by atoms with Crippen LogP contribution in [0.2, 0.25) is 0 Å². The van der Waals surface area contributed by atoms with Gasteiger partial charge in [0.15, 0.2) is 5.78 Å². The second-order valence-corrected chi connectivity index (χ2v) is 3.04. The van der Waals surface area contributed by atoms with Gasteiger partial charge in [-0.25, -0.2) is 0 Å². The van der Waals surface area contributed by atoms with Crippen LogP contribution < -0.4 is 10.5 Å². The van der Waals surface area contributed by atoms with E-state index in [2.05, 4.69) is 0 Å². The Labute approximate surface area is 88.3 Å². The van der Waals surface area contributed by atoms with Gasteiger partial charge in [-0.3, -0.25) is 4.79 Å². The van der Waals surface area contributed by atoms with Crippen LogP contribution in [-0.2, 0) is 0 Å². The van der Waals surface area contributed by atoms with Gasteiger partial charge in [-0.05, 0) is 19.9 Å². The topological polar surface area (TPSA) is 76.1 Å². The summed E-state index contributed by atoms with van der Waals surface area (Å²) in [5.74, 6) is 0.288.